The van der Waals surface area contributed by atoms with E-state index in [-0.39, 0.29) is 11.8 Å². The molecular formula is C30H30BrClN2O2. The number of rotatable bonds is 6. The molecule has 1 aromatic heterocycles. The highest BCUT2D eigenvalue weighted by molar-refractivity contribution is 9.10. The summed E-state index contributed by atoms with van der Waals surface area (Å²) in [7, 11) is 1.64. The van der Waals surface area contributed by atoms with E-state index in [0.717, 1.165) is 46.1 Å². The first-order valence-electron chi connectivity index (χ1n) is 12.3. The highest BCUT2D eigenvalue weighted by Gasteiger charge is 2.47. The van der Waals surface area contributed by atoms with E-state index in [1.54, 1.807) is 7.11 Å². The molecule has 36 heavy (non-hydrogen) atoms. The molecule has 1 fully saturated rings. The van der Waals surface area contributed by atoms with E-state index in [1.165, 1.54) is 5.56 Å². The second-order valence-electron chi connectivity index (χ2n) is 9.77. The number of hydrogen-bond donors (Lipinski definition) is 1. The van der Waals surface area contributed by atoms with Gasteiger partial charge in [0.15, 0.2) is 0 Å². The first kappa shape index (κ1) is 25.2. The largest absolute Gasteiger partial charge is 0.481 e. The maximum absolute atomic E-state index is 12.5. The van der Waals surface area contributed by atoms with Crippen LogP contribution >= 0.6 is 27.5 Å². The Balaban J connectivity index is 1.57. The van der Waals surface area contributed by atoms with E-state index in [1.807, 2.05) is 42.5 Å². The fraction of sp³-hybridized carbons (Fsp3) is 0.300. The summed E-state index contributed by atoms with van der Waals surface area (Å²) in [5, 5.41) is 14.1. The molecular weight excluding hydrogens is 536 g/mol. The lowest BCUT2D eigenvalue weighted by molar-refractivity contribution is -0.0787. The predicted octanol–water partition coefficient (Wildman–Crippen LogP) is 7.06. The molecule has 0 spiro atoms. The lowest BCUT2D eigenvalue weighted by Gasteiger charge is -2.48. The smallest absolute Gasteiger partial charge is 0.217 e. The van der Waals surface area contributed by atoms with Crippen molar-refractivity contribution in [3.63, 3.8) is 0 Å². The summed E-state index contributed by atoms with van der Waals surface area (Å²) in [6.07, 6.45) is 0.633. The SMILES string of the molecule is COc1nc2ccc(Br)cc2cc1C(c1ccc(Cl)cc1)C1(O)CCN(Cc2ccccc2)CC1C. The number of piperidine rings is 1. The third-order valence-corrected chi connectivity index (χ3v) is 8.19. The molecule has 3 unspecified atom stereocenters. The normalized spacial score (nSPS) is 21.4. The Labute approximate surface area is 226 Å². The summed E-state index contributed by atoms with van der Waals surface area (Å²) < 4.78 is 6.79. The summed E-state index contributed by atoms with van der Waals surface area (Å²) in [6, 6.07) is 26.4. The Morgan fingerprint density at radius 1 is 1.11 bits per heavy atom. The van der Waals surface area contributed by atoms with Gasteiger partial charge in [0.2, 0.25) is 5.88 Å². The van der Waals surface area contributed by atoms with Crippen molar-refractivity contribution in [3.05, 3.63) is 105 Å². The van der Waals surface area contributed by atoms with E-state index < -0.39 is 5.60 Å². The molecule has 5 rings (SSSR count). The van der Waals surface area contributed by atoms with E-state index >= 15 is 0 Å². The summed E-state index contributed by atoms with van der Waals surface area (Å²) in [5.74, 6) is 0.227. The quantitative estimate of drug-likeness (QED) is 0.272. The van der Waals surface area contributed by atoms with Gasteiger partial charge in [0, 0.05) is 46.0 Å². The number of fused-ring (bicyclic) bond motifs is 1. The third-order valence-electron chi connectivity index (χ3n) is 7.44. The summed E-state index contributed by atoms with van der Waals surface area (Å²) in [4.78, 5) is 7.26. The van der Waals surface area contributed by atoms with E-state index in [9.17, 15) is 5.11 Å². The van der Waals surface area contributed by atoms with Gasteiger partial charge in [-0.3, -0.25) is 4.90 Å². The molecule has 3 atom stereocenters. The number of nitrogens with zero attached hydrogens (tertiary/aromatic N) is 2. The number of aromatic nitrogens is 1. The van der Waals surface area contributed by atoms with Crippen LogP contribution in [0.3, 0.4) is 0 Å². The minimum Gasteiger partial charge on any atom is -0.481 e. The molecule has 1 N–H and O–H groups in total. The molecule has 1 aliphatic rings. The molecule has 3 aromatic carbocycles. The van der Waals surface area contributed by atoms with Crippen molar-refractivity contribution in [1.82, 2.24) is 9.88 Å². The monoisotopic (exact) mass is 564 g/mol. The zero-order valence-corrected chi connectivity index (χ0v) is 22.8. The van der Waals surface area contributed by atoms with Crippen molar-refractivity contribution in [2.45, 2.75) is 31.4 Å². The van der Waals surface area contributed by atoms with Gasteiger partial charge in [-0.05, 0) is 59.9 Å². The number of methoxy groups -OCH3 is 1. The van der Waals surface area contributed by atoms with Crippen LogP contribution in [0.15, 0.2) is 83.3 Å². The molecule has 1 aliphatic heterocycles. The molecule has 2 heterocycles. The molecule has 186 valence electrons. The first-order valence-corrected chi connectivity index (χ1v) is 13.4. The molecule has 1 saturated heterocycles. The molecule has 0 aliphatic carbocycles. The Morgan fingerprint density at radius 3 is 2.56 bits per heavy atom. The Morgan fingerprint density at radius 2 is 1.86 bits per heavy atom. The summed E-state index contributed by atoms with van der Waals surface area (Å²) >= 11 is 9.83. The van der Waals surface area contributed by atoms with Crippen molar-refractivity contribution in [2.75, 3.05) is 20.2 Å². The maximum Gasteiger partial charge on any atom is 0.217 e. The van der Waals surface area contributed by atoms with Crippen LogP contribution in [0.5, 0.6) is 5.88 Å². The van der Waals surface area contributed by atoms with Crippen LogP contribution in [-0.2, 0) is 6.54 Å². The minimum absolute atomic E-state index is 0.0125. The molecule has 0 saturated carbocycles. The van der Waals surface area contributed by atoms with Crippen molar-refractivity contribution in [3.8, 4) is 5.88 Å². The number of pyridine rings is 1. The average molecular weight is 566 g/mol. The van der Waals surface area contributed by atoms with Crippen molar-refractivity contribution in [2.24, 2.45) is 5.92 Å². The zero-order chi connectivity index (χ0) is 25.3. The topological polar surface area (TPSA) is 45.6 Å². The zero-order valence-electron chi connectivity index (χ0n) is 20.5. The van der Waals surface area contributed by atoms with Gasteiger partial charge in [0.05, 0.1) is 18.2 Å². The van der Waals surface area contributed by atoms with Crippen LogP contribution < -0.4 is 4.74 Å². The van der Waals surface area contributed by atoms with E-state index in [2.05, 4.69) is 64.2 Å². The van der Waals surface area contributed by atoms with Crippen LogP contribution in [0, 0.1) is 5.92 Å². The van der Waals surface area contributed by atoms with E-state index in [4.69, 9.17) is 21.3 Å². The van der Waals surface area contributed by atoms with E-state index in [0.29, 0.717) is 17.3 Å². The van der Waals surface area contributed by atoms with Gasteiger partial charge >= 0.3 is 0 Å². The molecule has 6 heteroatoms. The summed E-state index contributed by atoms with van der Waals surface area (Å²) in [6.45, 7) is 4.62. The standard InChI is InChI=1S/C30H30BrClN2O2/c1-20-18-34(19-21-6-4-3-5-7-21)15-14-30(20,35)28(22-8-11-25(32)12-9-22)26-17-23-16-24(31)10-13-27(23)33-29(26)36-2/h3-13,16-17,20,28,35H,14-15,18-19H2,1-2H3. The number of benzene rings is 3. The number of likely N-dealkylation sites (tertiary alicyclic amines) is 1. The highest BCUT2D eigenvalue weighted by atomic mass is 79.9. The number of halogens is 2. The molecule has 4 nitrogen and oxygen atoms in total. The van der Waals surface area contributed by atoms with Crippen molar-refractivity contribution in [1.29, 1.82) is 0 Å². The van der Waals surface area contributed by atoms with Gasteiger partial charge in [0.1, 0.15) is 0 Å². The fourth-order valence-corrected chi connectivity index (χ4v) is 6.05. The molecule has 0 amide bonds. The number of hydrogen-bond acceptors (Lipinski definition) is 4. The predicted molar refractivity (Wildman–Crippen MR) is 150 cm³/mol. The van der Waals surface area contributed by atoms with Gasteiger partial charge in [-0.15, -0.1) is 0 Å². The first-order chi connectivity index (χ1) is 17.4. The third kappa shape index (κ3) is 5.03. The van der Waals surface area contributed by atoms with Crippen molar-refractivity contribution < 1.29 is 9.84 Å². The van der Waals surface area contributed by atoms with Crippen LogP contribution in [0.25, 0.3) is 10.9 Å². The van der Waals surface area contributed by atoms with Crippen LogP contribution in [0.4, 0.5) is 0 Å². The maximum atomic E-state index is 12.5. The second kappa shape index (κ2) is 10.5. The molecule has 4 aromatic rings. The number of ether oxygens (including phenoxy) is 1. The second-order valence-corrected chi connectivity index (χ2v) is 11.1. The van der Waals surface area contributed by atoms with Gasteiger partial charge in [-0.2, -0.15) is 0 Å². The van der Waals surface area contributed by atoms with Crippen LogP contribution in [-0.4, -0.2) is 40.8 Å². The van der Waals surface area contributed by atoms with Gasteiger partial charge in [-0.1, -0.05) is 76.9 Å². The van der Waals surface area contributed by atoms with Gasteiger partial charge < -0.3 is 9.84 Å². The fourth-order valence-electron chi connectivity index (χ4n) is 5.54. The molecule has 0 radical (unpaired) electrons. The Bertz CT molecular complexity index is 1350. The lowest BCUT2D eigenvalue weighted by Crippen LogP contribution is -2.54. The minimum atomic E-state index is -0.990. The average Bonchev–Trinajstić information content (AvgIpc) is 2.88. The van der Waals surface area contributed by atoms with Gasteiger partial charge in [0.25, 0.3) is 0 Å². The van der Waals surface area contributed by atoms with Crippen LogP contribution in [0.2, 0.25) is 5.02 Å². The lowest BCUT2D eigenvalue weighted by atomic mass is 9.67. The number of aliphatic hydroxyl groups is 1. The van der Waals surface area contributed by atoms with Gasteiger partial charge in [-0.25, -0.2) is 4.98 Å². The van der Waals surface area contributed by atoms with Crippen LogP contribution in [0.1, 0.15) is 36.0 Å². The van der Waals surface area contributed by atoms with Crippen molar-refractivity contribution >= 4 is 38.4 Å². The summed E-state index contributed by atoms with van der Waals surface area (Å²) in [5.41, 5.74) is 3.04. The Kier molecular flexibility index (Phi) is 7.36. The highest BCUT2D eigenvalue weighted by Crippen LogP contribution is 2.47. The Hall–Kier alpha value is -2.44. The molecule has 0 bridgehead atoms.